The first-order valence-corrected chi connectivity index (χ1v) is 8.56. The fourth-order valence-electron chi connectivity index (χ4n) is 2.82. The third kappa shape index (κ3) is 3.79. The third-order valence-corrected chi connectivity index (χ3v) is 4.14. The molecule has 136 valence electrons. The van der Waals surface area contributed by atoms with Crippen LogP contribution in [0.5, 0.6) is 0 Å². The highest BCUT2D eigenvalue weighted by Gasteiger charge is 2.09. The molecule has 3 aromatic heterocycles. The normalized spacial score (nSPS) is 10.9. The van der Waals surface area contributed by atoms with Crippen LogP contribution in [0, 0.1) is 6.92 Å². The summed E-state index contributed by atoms with van der Waals surface area (Å²) in [5.41, 5.74) is 2.52. The number of aromatic nitrogens is 4. The van der Waals surface area contributed by atoms with Crippen molar-refractivity contribution in [3.05, 3.63) is 65.7 Å². The Hall–Kier alpha value is -3.68. The van der Waals surface area contributed by atoms with E-state index in [2.05, 4.69) is 37.0 Å². The molecule has 0 atom stereocenters. The van der Waals surface area contributed by atoms with Crippen LogP contribution in [0.3, 0.4) is 0 Å². The van der Waals surface area contributed by atoms with Crippen LogP contribution in [-0.4, -0.2) is 32.8 Å². The van der Waals surface area contributed by atoms with Crippen LogP contribution in [0.25, 0.3) is 10.9 Å². The number of para-hydroxylation sites is 1. The third-order valence-electron chi connectivity index (χ3n) is 4.14. The number of nitrogens with zero attached hydrogens (tertiary/aromatic N) is 3. The number of nitrogens with one attached hydrogen (secondary N) is 3. The number of hydrogen-bond donors (Lipinski definition) is 3. The van der Waals surface area contributed by atoms with Crippen LogP contribution in [0.15, 0.2) is 53.2 Å². The fourth-order valence-corrected chi connectivity index (χ4v) is 2.82. The zero-order valence-corrected chi connectivity index (χ0v) is 14.7. The molecule has 0 spiro atoms. The minimum atomic E-state index is -0.258. The first kappa shape index (κ1) is 16.8. The fraction of sp³-hybridized carbons (Fsp3) is 0.158. The maximum absolute atomic E-state index is 12.2. The van der Waals surface area contributed by atoms with Gasteiger partial charge < -0.3 is 20.1 Å². The van der Waals surface area contributed by atoms with Gasteiger partial charge in [0.15, 0.2) is 17.3 Å². The lowest BCUT2D eigenvalue weighted by molar-refractivity contribution is 0.0948. The van der Waals surface area contributed by atoms with Crippen LogP contribution in [-0.2, 0) is 6.42 Å². The molecule has 4 aromatic rings. The van der Waals surface area contributed by atoms with E-state index in [0.717, 1.165) is 11.9 Å². The standard InChI is InChI=1S/C19H18N6O2/c1-12-10-18(25-27-12)22-17-7-6-16(23-24-17)19(26)20-9-8-13-11-21-15-5-3-2-4-14(13)15/h2-7,10-11,21H,8-9H2,1H3,(H,20,26)(H,22,24,25). The Labute approximate surface area is 155 Å². The molecule has 8 heteroatoms. The lowest BCUT2D eigenvalue weighted by atomic mass is 10.1. The van der Waals surface area contributed by atoms with E-state index in [9.17, 15) is 4.79 Å². The zero-order valence-electron chi connectivity index (χ0n) is 14.7. The molecule has 0 unspecified atom stereocenters. The number of fused-ring (bicyclic) bond motifs is 1. The van der Waals surface area contributed by atoms with E-state index in [0.29, 0.717) is 23.9 Å². The van der Waals surface area contributed by atoms with Crippen molar-refractivity contribution in [1.29, 1.82) is 0 Å². The number of aryl methyl sites for hydroxylation is 1. The Morgan fingerprint density at radius 1 is 1.15 bits per heavy atom. The molecular weight excluding hydrogens is 344 g/mol. The van der Waals surface area contributed by atoms with Crippen molar-refractivity contribution in [3.63, 3.8) is 0 Å². The van der Waals surface area contributed by atoms with Gasteiger partial charge in [-0.15, -0.1) is 10.2 Å². The predicted molar refractivity (Wildman–Crippen MR) is 101 cm³/mol. The number of rotatable bonds is 6. The van der Waals surface area contributed by atoms with Gasteiger partial charge in [0.25, 0.3) is 5.91 Å². The van der Waals surface area contributed by atoms with Crippen molar-refractivity contribution in [1.82, 2.24) is 25.7 Å². The second-order valence-corrected chi connectivity index (χ2v) is 6.12. The number of carbonyl (C=O) groups excluding carboxylic acids is 1. The Kier molecular flexibility index (Phi) is 4.52. The average Bonchev–Trinajstić information content (AvgIpc) is 3.28. The summed E-state index contributed by atoms with van der Waals surface area (Å²) in [6.07, 6.45) is 2.71. The first-order valence-electron chi connectivity index (χ1n) is 8.56. The Bertz CT molecular complexity index is 1070. The minimum absolute atomic E-state index is 0.258. The van der Waals surface area contributed by atoms with Gasteiger partial charge in [-0.25, -0.2) is 0 Å². The summed E-state index contributed by atoms with van der Waals surface area (Å²) in [7, 11) is 0. The Balaban J connectivity index is 1.33. The highest BCUT2D eigenvalue weighted by Crippen LogP contribution is 2.17. The van der Waals surface area contributed by atoms with Crippen LogP contribution in [0.4, 0.5) is 11.6 Å². The van der Waals surface area contributed by atoms with Crippen molar-refractivity contribution >= 4 is 28.4 Å². The number of H-pyrrole nitrogens is 1. The van der Waals surface area contributed by atoms with E-state index in [1.54, 1.807) is 25.1 Å². The van der Waals surface area contributed by atoms with Gasteiger partial charge in [0.05, 0.1) is 0 Å². The van der Waals surface area contributed by atoms with Crippen LogP contribution >= 0.6 is 0 Å². The van der Waals surface area contributed by atoms with E-state index in [1.807, 2.05) is 24.4 Å². The molecule has 4 rings (SSSR count). The molecule has 0 aliphatic heterocycles. The van der Waals surface area contributed by atoms with Crippen LogP contribution < -0.4 is 10.6 Å². The summed E-state index contributed by atoms with van der Waals surface area (Å²) >= 11 is 0. The second-order valence-electron chi connectivity index (χ2n) is 6.12. The monoisotopic (exact) mass is 362 g/mol. The highest BCUT2D eigenvalue weighted by molar-refractivity contribution is 5.92. The molecule has 3 heterocycles. The Morgan fingerprint density at radius 3 is 2.81 bits per heavy atom. The van der Waals surface area contributed by atoms with E-state index in [4.69, 9.17) is 4.52 Å². The summed E-state index contributed by atoms with van der Waals surface area (Å²) in [5.74, 6) is 1.46. The van der Waals surface area contributed by atoms with Crippen LogP contribution in [0.1, 0.15) is 21.8 Å². The number of benzene rings is 1. The maximum Gasteiger partial charge on any atom is 0.271 e. The Morgan fingerprint density at radius 2 is 2.04 bits per heavy atom. The SMILES string of the molecule is Cc1cc(Nc2ccc(C(=O)NCCc3c[nH]c4ccccc34)nn2)no1. The van der Waals surface area contributed by atoms with Gasteiger partial charge in [-0.05, 0) is 37.1 Å². The summed E-state index contributed by atoms with van der Waals surface area (Å²) in [6.45, 7) is 2.31. The number of amides is 1. The molecule has 1 amide bonds. The molecule has 0 radical (unpaired) electrons. The van der Waals surface area contributed by atoms with Crippen molar-refractivity contribution in [2.45, 2.75) is 13.3 Å². The van der Waals surface area contributed by atoms with Crippen molar-refractivity contribution in [3.8, 4) is 0 Å². The lowest BCUT2D eigenvalue weighted by Gasteiger charge is -2.05. The van der Waals surface area contributed by atoms with Gasteiger partial charge in [0.2, 0.25) is 0 Å². The highest BCUT2D eigenvalue weighted by atomic mass is 16.5. The van der Waals surface area contributed by atoms with E-state index >= 15 is 0 Å². The van der Waals surface area contributed by atoms with Gasteiger partial charge in [-0.1, -0.05) is 23.4 Å². The molecule has 0 saturated heterocycles. The number of carbonyl (C=O) groups is 1. The van der Waals surface area contributed by atoms with Crippen molar-refractivity contribution in [2.24, 2.45) is 0 Å². The number of aromatic amines is 1. The topological polar surface area (TPSA) is 109 Å². The zero-order chi connectivity index (χ0) is 18.6. The molecule has 0 aliphatic carbocycles. The van der Waals surface area contributed by atoms with Gasteiger partial charge in [-0.3, -0.25) is 4.79 Å². The lowest BCUT2D eigenvalue weighted by Crippen LogP contribution is -2.26. The molecular formula is C19H18N6O2. The van der Waals surface area contributed by atoms with Crippen molar-refractivity contribution in [2.75, 3.05) is 11.9 Å². The summed E-state index contributed by atoms with van der Waals surface area (Å²) in [6, 6.07) is 13.1. The summed E-state index contributed by atoms with van der Waals surface area (Å²) < 4.78 is 4.97. The molecule has 0 saturated carbocycles. The number of anilines is 2. The molecule has 0 fully saturated rings. The van der Waals surface area contributed by atoms with E-state index in [-0.39, 0.29) is 11.6 Å². The van der Waals surface area contributed by atoms with E-state index < -0.39 is 0 Å². The molecule has 8 nitrogen and oxygen atoms in total. The van der Waals surface area contributed by atoms with E-state index in [1.165, 1.54) is 10.9 Å². The van der Waals surface area contributed by atoms with Crippen LogP contribution in [0.2, 0.25) is 0 Å². The minimum Gasteiger partial charge on any atom is -0.361 e. The summed E-state index contributed by atoms with van der Waals surface area (Å²) in [4.78, 5) is 15.5. The smallest absolute Gasteiger partial charge is 0.271 e. The molecule has 27 heavy (non-hydrogen) atoms. The quantitative estimate of drug-likeness (QED) is 0.487. The first-order chi connectivity index (χ1) is 13.2. The summed E-state index contributed by atoms with van der Waals surface area (Å²) in [5, 5.41) is 18.8. The maximum atomic E-state index is 12.2. The van der Waals surface area contributed by atoms with Crippen molar-refractivity contribution < 1.29 is 9.32 Å². The molecule has 3 N–H and O–H groups in total. The average molecular weight is 362 g/mol. The van der Waals surface area contributed by atoms with Gasteiger partial charge in [0.1, 0.15) is 5.76 Å². The molecule has 0 aliphatic rings. The van der Waals surface area contributed by atoms with Gasteiger partial charge in [-0.2, -0.15) is 0 Å². The largest absolute Gasteiger partial charge is 0.361 e. The second kappa shape index (κ2) is 7.28. The van der Waals surface area contributed by atoms with Gasteiger partial charge in [0, 0.05) is 29.7 Å². The number of hydrogen-bond acceptors (Lipinski definition) is 6. The predicted octanol–water partition coefficient (Wildman–Crippen LogP) is 2.97. The molecule has 0 bridgehead atoms. The van der Waals surface area contributed by atoms with Gasteiger partial charge >= 0.3 is 0 Å². The molecule has 1 aromatic carbocycles.